The van der Waals surface area contributed by atoms with Crippen LogP contribution in [-0.2, 0) is 0 Å². The van der Waals surface area contributed by atoms with Crippen molar-refractivity contribution in [1.82, 2.24) is 0 Å². The normalized spacial score (nSPS) is 12.2. The van der Waals surface area contributed by atoms with Gasteiger partial charge in [-0.3, -0.25) is 0 Å². The van der Waals surface area contributed by atoms with E-state index < -0.39 is 6.10 Å². The van der Waals surface area contributed by atoms with Gasteiger partial charge in [0.2, 0.25) is 0 Å². The Morgan fingerprint density at radius 3 is 2.10 bits per heavy atom. The van der Waals surface area contributed by atoms with Gasteiger partial charge in [0.25, 0.3) is 0 Å². The number of hydrogen-bond donors (Lipinski definition) is 1. The number of ether oxygens (including phenoxy) is 2. The Kier molecular flexibility index (Phi) is 5.23. The van der Waals surface area contributed by atoms with Crippen molar-refractivity contribution in [3.63, 3.8) is 0 Å². The molecule has 1 atom stereocenters. The van der Waals surface area contributed by atoms with E-state index in [9.17, 15) is 5.11 Å². The molecule has 2 aromatic rings. The van der Waals surface area contributed by atoms with Gasteiger partial charge < -0.3 is 14.6 Å². The zero-order valence-electron chi connectivity index (χ0n) is 12.7. The second-order valence-corrected chi connectivity index (χ2v) is 5.26. The molecular weight excluding hydrogens is 264 g/mol. The van der Waals surface area contributed by atoms with E-state index in [-0.39, 0.29) is 6.61 Å². The molecular formula is C18H22O3. The van der Waals surface area contributed by atoms with Crippen molar-refractivity contribution in [1.29, 1.82) is 0 Å². The Labute approximate surface area is 126 Å². The molecule has 2 aromatic carbocycles. The van der Waals surface area contributed by atoms with Crippen molar-refractivity contribution in [2.24, 2.45) is 0 Å². The zero-order valence-corrected chi connectivity index (χ0v) is 12.7. The maximum absolute atomic E-state index is 10.3. The molecule has 2 rings (SSSR count). The summed E-state index contributed by atoms with van der Waals surface area (Å²) in [5, 5.41) is 10.3. The molecule has 0 radical (unpaired) electrons. The van der Waals surface area contributed by atoms with Gasteiger partial charge in [-0.2, -0.15) is 0 Å². The number of benzene rings is 2. The van der Waals surface area contributed by atoms with Gasteiger partial charge in [-0.25, -0.2) is 0 Å². The quantitative estimate of drug-likeness (QED) is 0.874. The fourth-order valence-electron chi connectivity index (χ4n) is 2.29. The van der Waals surface area contributed by atoms with E-state index in [1.165, 1.54) is 0 Å². The molecule has 0 saturated heterocycles. The van der Waals surface area contributed by atoms with Crippen LogP contribution in [0, 0.1) is 0 Å². The summed E-state index contributed by atoms with van der Waals surface area (Å²) in [6.45, 7) is 4.45. The molecule has 112 valence electrons. The molecule has 0 saturated carbocycles. The van der Waals surface area contributed by atoms with E-state index in [1.54, 1.807) is 7.11 Å². The Hall–Kier alpha value is -2.00. The summed E-state index contributed by atoms with van der Waals surface area (Å²) >= 11 is 0. The second-order valence-electron chi connectivity index (χ2n) is 5.26. The number of aliphatic hydroxyl groups is 1. The first-order valence-electron chi connectivity index (χ1n) is 7.16. The van der Waals surface area contributed by atoms with Crippen LogP contribution in [-0.4, -0.2) is 18.8 Å². The van der Waals surface area contributed by atoms with Crippen molar-refractivity contribution in [3.05, 3.63) is 59.7 Å². The molecule has 21 heavy (non-hydrogen) atoms. The topological polar surface area (TPSA) is 38.7 Å². The smallest absolute Gasteiger partial charge is 0.124 e. The van der Waals surface area contributed by atoms with Crippen molar-refractivity contribution < 1.29 is 14.6 Å². The highest BCUT2D eigenvalue weighted by Gasteiger charge is 2.15. The number of para-hydroxylation sites is 2. The highest BCUT2D eigenvalue weighted by molar-refractivity contribution is 5.37. The maximum atomic E-state index is 10.3. The molecule has 0 aliphatic rings. The number of rotatable bonds is 6. The van der Waals surface area contributed by atoms with E-state index >= 15 is 0 Å². The molecule has 0 bridgehead atoms. The van der Waals surface area contributed by atoms with Gasteiger partial charge in [-0.1, -0.05) is 50.2 Å². The predicted molar refractivity (Wildman–Crippen MR) is 84.0 cm³/mol. The molecule has 1 N–H and O–H groups in total. The molecule has 0 heterocycles. The van der Waals surface area contributed by atoms with Gasteiger partial charge in [0.1, 0.15) is 24.2 Å². The van der Waals surface area contributed by atoms with E-state index in [1.807, 2.05) is 42.5 Å². The molecule has 0 spiro atoms. The van der Waals surface area contributed by atoms with E-state index in [4.69, 9.17) is 9.47 Å². The molecule has 3 heteroatoms. The molecule has 0 aliphatic carbocycles. The minimum Gasteiger partial charge on any atom is -0.496 e. The largest absolute Gasteiger partial charge is 0.496 e. The Bertz CT molecular complexity index is 578. The summed E-state index contributed by atoms with van der Waals surface area (Å²) in [7, 11) is 1.60. The van der Waals surface area contributed by atoms with Gasteiger partial charge in [-0.05, 0) is 23.6 Å². The summed E-state index contributed by atoms with van der Waals surface area (Å²) in [6, 6.07) is 15.4. The van der Waals surface area contributed by atoms with Crippen molar-refractivity contribution in [2.75, 3.05) is 13.7 Å². The molecule has 3 nitrogen and oxygen atoms in total. The lowest BCUT2D eigenvalue weighted by Crippen LogP contribution is -2.11. The van der Waals surface area contributed by atoms with Gasteiger partial charge in [0.05, 0.1) is 7.11 Å². The standard InChI is InChI=1S/C18H22O3/c1-13(2)14-8-4-7-11-18(14)21-12-16(19)15-9-5-6-10-17(15)20-3/h4-11,13,16,19H,12H2,1-3H3. The summed E-state index contributed by atoms with van der Waals surface area (Å²) in [5.74, 6) is 1.87. The average Bonchev–Trinajstić information content (AvgIpc) is 2.52. The number of aliphatic hydroxyl groups excluding tert-OH is 1. The second kappa shape index (κ2) is 7.14. The van der Waals surface area contributed by atoms with Crippen LogP contribution >= 0.6 is 0 Å². The fourth-order valence-corrected chi connectivity index (χ4v) is 2.29. The van der Waals surface area contributed by atoms with E-state index in [0.29, 0.717) is 11.7 Å². The summed E-state index contributed by atoms with van der Waals surface area (Å²) in [5.41, 5.74) is 1.88. The Morgan fingerprint density at radius 1 is 0.905 bits per heavy atom. The van der Waals surface area contributed by atoms with Crippen molar-refractivity contribution in [2.45, 2.75) is 25.9 Å². The molecule has 0 amide bonds. The van der Waals surface area contributed by atoms with Crippen LogP contribution in [0.2, 0.25) is 0 Å². The lowest BCUT2D eigenvalue weighted by atomic mass is 10.0. The highest BCUT2D eigenvalue weighted by Crippen LogP contribution is 2.29. The summed E-state index contributed by atoms with van der Waals surface area (Å²) in [6.07, 6.45) is -0.721. The molecule has 0 aliphatic heterocycles. The maximum Gasteiger partial charge on any atom is 0.124 e. The SMILES string of the molecule is COc1ccccc1C(O)COc1ccccc1C(C)C. The van der Waals surface area contributed by atoms with Crippen LogP contribution in [0.4, 0.5) is 0 Å². The van der Waals surface area contributed by atoms with Crippen LogP contribution in [0.5, 0.6) is 11.5 Å². The van der Waals surface area contributed by atoms with Gasteiger partial charge in [-0.15, -0.1) is 0 Å². The Balaban J connectivity index is 2.09. The number of hydrogen-bond acceptors (Lipinski definition) is 3. The first-order valence-corrected chi connectivity index (χ1v) is 7.16. The zero-order chi connectivity index (χ0) is 15.2. The monoisotopic (exact) mass is 286 g/mol. The van der Waals surface area contributed by atoms with Crippen molar-refractivity contribution in [3.8, 4) is 11.5 Å². The molecule has 1 unspecified atom stereocenters. The Morgan fingerprint density at radius 2 is 1.48 bits per heavy atom. The van der Waals surface area contributed by atoms with Crippen LogP contribution < -0.4 is 9.47 Å². The average molecular weight is 286 g/mol. The van der Waals surface area contributed by atoms with Crippen LogP contribution in [0.3, 0.4) is 0 Å². The van der Waals surface area contributed by atoms with Crippen LogP contribution in [0.25, 0.3) is 0 Å². The lowest BCUT2D eigenvalue weighted by molar-refractivity contribution is 0.105. The first kappa shape index (κ1) is 15.4. The highest BCUT2D eigenvalue weighted by atomic mass is 16.5. The lowest BCUT2D eigenvalue weighted by Gasteiger charge is -2.18. The summed E-state index contributed by atoms with van der Waals surface area (Å²) in [4.78, 5) is 0. The van der Waals surface area contributed by atoms with E-state index in [0.717, 1.165) is 16.9 Å². The summed E-state index contributed by atoms with van der Waals surface area (Å²) < 4.78 is 11.1. The fraction of sp³-hybridized carbons (Fsp3) is 0.333. The number of methoxy groups -OCH3 is 1. The first-order chi connectivity index (χ1) is 10.1. The minimum absolute atomic E-state index is 0.199. The third kappa shape index (κ3) is 3.76. The van der Waals surface area contributed by atoms with Gasteiger partial charge in [0, 0.05) is 5.56 Å². The van der Waals surface area contributed by atoms with Crippen molar-refractivity contribution >= 4 is 0 Å². The van der Waals surface area contributed by atoms with Crippen LogP contribution in [0.1, 0.15) is 37.0 Å². The third-order valence-corrected chi connectivity index (χ3v) is 3.44. The third-order valence-electron chi connectivity index (χ3n) is 3.44. The van der Waals surface area contributed by atoms with Crippen LogP contribution in [0.15, 0.2) is 48.5 Å². The van der Waals surface area contributed by atoms with Gasteiger partial charge in [0.15, 0.2) is 0 Å². The predicted octanol–water partition coefficient (Wildman–Crippen LogP) is 3.93. The van der Waals surface area contributed by atoms with Gasteiger partial charge >= 0.3 is 0 Å². The molecule has 0 aromatic heterocycles. The minimum atomic E-state index is -0.721. The molecule has 0 fully saturated rings. The van der Waals surface area contributed by atoms with E-state index in [2.05, 4.69) is 19.9 Å².